The zero-order valence-electron chi connectivity index (χ0n) is 15.6. The van der Waals surface area contributed by atoms with Gasteiger partial charge in [-0.1, -0.05) is 0 Å². The Morgan fingerprint density at radius 1 is 1.25 bits per heavy atom. The van der Waals surface area contributed by atoms with E-state index in [1.54, 1.807) is 32.9 Å². The van der Waals surface area contributed by atoms with Gasteiger partial charge in [0.2, 0.25) is 0 Å². The Morgan fingerprint density at radius 3 is 2.57 bits per heavy atom. The molecule has 0 saturated heterocycles. The minimum atomic E-state index is -1.10. The lowest BCUT2D eigenvalue weighted by atomic mass is 9.95. The molecular formula is C18H21BrN2O6S. The zero-order valence-corrected chi connectivity index (χ0v) is 18.0. The normalized spacial score (nSPS) is 16.1. The molecule has 0 bridgehead atoms. The highest BCUT2D eigenvalue weighted by Gasteiger charge is 2.32. The predicted octanol–water partition coefficient (Wildman–Crippen LogP) is 2.67. The van der Waals surface area contributed by atoms with E-state index >= 15 is 0 Å². The van der Waals surface area contributed by atoms with Crippen molar-refractivity contribution in [3.8, 4) is 11.5 Å². The van der Waals surface area contributed by atoms with Crippen molar-refractivity contribution in [2.24, 2.45) is 0 Å². The van der Waals surface area contributed by atoms with E-state index in [4.69, 9.17) is 31.5 Å². The van der Waals surface area contributed by atoms with Gasteiger partial charge in [0.05, 0.1) is 29.3 Å². The number of halogens is 1. The first kappa shape index (κ1) is 22.0. The maximum atomic E-state index is 12.5. The number of thiocarbonyl (C=S) groups is 1. The van der Waals surface area contributed by atoms with Crippen molar-refractivity contribution in [3.63, 3.8) is 0 Å². The lowest BCUT2D eigenvalue weighted by molar-refractivity contribution is -0.140. The van der Waals surface area contributed by atoms with Crippen LogP contribution in [0.5, 0.6) is 11.5 Å². The minimum absolute atomic E-state index is 0.239. The Balaban J connectivity index is 2.51. The number of benzene rings is 1. The molecule has 0 amide bonds. The third kappa shape index (κ3) is 5.14. The number of rotatable bonds is 8. The first-order valence-corrected chi connectivity index (χ1v) is 9.74. The van der Waals surface area contributed by atoms with E-state index < -0.39 is 24.6 Å². The highest BCUT2D eigenvalue weighted by Crippen LogP contribution is 2.40. The Morgan fingerprint density at radius 2 is 1.96 bits per heavy atom. The van der Waals surface area contributed by atoms with E-state index in [2.05, 4.69) is 26.6 Å². The van der Waals surface area contributed by atoms with Crippen LogP contribution in [0.3, 0.4) is 0 Å². The van der Waals surface area contributed by atoms with Gasteiger partial charge in [0, 0.05) is 5.70 Å². The summed E-state index contributed by atoms with van der Waals surface area (Å²) < 4.78 is 16.6. The van der Waals surface area contributed by atoms with E-state index in [9.17, 15) is 9.59 Å². The van der Waals surface area contributed by atoms with Crippen LogP contribution < -0.4 is 20.1 Å². The summed E-state index contributed by atoms with van der Waals surface area (Å²) in [5, 5.41) is 15.3. The maximum absolute atomic E-state index is 12.5. The van der Waals surface area contributed by atoms with Gasteiger partial charge in [-0.15, -0.1) is 0 Å². The van der Waals surface area contributed by atoms with Crippen molar-refractivity contribution in [2.75, 3.05) is 19.8 Å². The number of allylic oxidation sites excluding steroid dienone is 1. The van der Waals surface area contributed by atoms with Gasteiger partial charge in [0.15, 0.2) is 23.2 Å². The standard InChI is InChI=1S/C18H21BrN2O6S/c1-4-25-12-7-10(6-11(19)16(12)27-8-13(22)23)15-14(17(24)26-5-2)9(3)20-18(28)21-15/h6-7,15H,4-5,8H2,1-3H3,(H,22,23)(H2,20,21,28)/t15-/m0/s1. The van der Waals surface area contributed by atoms with E-state index in [0.717, 1.165) is 0 Å². The molecule has 0 aliphatic carbocycles. The number of carboxylic acids is 1. The average molecular weight is 473 g/mol. The highest BCUT2D eigenvalue weighted by atomic mass is 79.9. The van der Waals surface area contributed by atoms with Crippen molar-refractivity contribution < 1.29 is 28.9 Å². The third-order valence-electron chi connectivity index (χ3n) is 3.77. The lowest BCUT2D eigenvalue weighted by Crippen LogP contribution is -2.45. The van der Waals surface area contributed by atoms with Crippen molar-refractivity contribution in [3.05, 3.63) is 33.4 Å². The number of ether oxygens (including phenoxy) is 3. The van der Waals surface area contributed by atoms with E-state index in [0.29, 0.717) is 38.8 Å². The molecule has 0 fully saturated rings. The molecule has 152 valence electrons. The number of hydrogen-bond acceptors (Lipinski definition) is 6. The number of aliphatic carboxylic acids is 1. The number of carboxylic acid groups (broad SMARTS) is 1. The van der Waals surface area contributed by atoms with Gasteiger partial charge >= 0.3 is 11.9 Å². The zero-order chi connectivity index (χ0) is 20.8. The molecule has 1 aliphatic rings. The molecule has 0 spiro atoms. The fourth-order valence-electron chi connectivity index (χ4n) is 2.71. The molecule has 1 aliphatic heterocycles. The molecule has 1 aromatic carbocycles. The molecular weight excluding hydrogens is 452 g/mol. The Hall–Kier alpha value is -2.33. The average Bonchev–Trinajstić information content (AvgIpc) is 2.60. The number of nitrogens with one attached hydrogen (secondary N) is 2. The molecule has 1 aromatic rings. The molecule has 0 unspecified atom stereocenters. The van der Waals surface area contributed by atoms with Crippen LogP contribution in [0.2, 0.25) is 0 Å². The van der Waals surface area contributed by atoms with Crippen LogP contribution in [0.1, 0.15) is 32.4 Å². The van der Waals surface area contributed by atoms with Gasteiger partial charge in [-0.3, -0.25) is 0 Å². The quantitative estimate of drug-likeness (QED) is 0.388. The van der Waals surface area contributed by atoms with Gasteiger partial charge in [0.25, 0.3) is 0 Å². The fourth-order valence-corrected chi connectivity index (χ4v) is 3.56. The van der Waals surface area contributed by atoms with E-state index in [-0.39, 0.29) is 12.4 Å². The van der Waals surface area contributed by atoms with Crippen molar-refractivity contribution in [1.29, 1.82) is 0 Å². The molecule has 0 radical (unpaired) electrons. The van der Waals surface area contributed by atoms with Crippen LogP contribution in [0.4, 0.5) is 0 Å². The Bertz CT molecular complexity index is 827. The van der Waals surface area contributed by atoms with Crippen molar-refractivity contribution in [1.82, 2.24) is 10.6 Å². The largest absolute Gasteiger partial charge is 0.490 e. The highest BCUT2D eigenvalue weighted by molar-refractivity contribution is 9.10. The maximum Gasteiger partial charge on any atom is 0.341 e. The summed E-state index contributed by atoms with van der Waals surface area (Å²) in [5.41, 5.74) is 1.65. The molecule has 1 heterocycles. The molecule has 0 saturated carbocycles. The second-order valence-electron chi connectivity index (χ2n) is 5.74. The second-order valence-corrected chi connectivity index (χ2v) is 7.00. The van der Waals surface area contributed by atoms with Gasteiger partial charge in [-0.25, -0.2) is 9.59 Å². The molecule has 1 atom stereocenters. The topological polar surface area (TPSA) is 106 Å². The smallest absolute Gasteiger partial charge is 0.341 e. The molecule has 8 nitrogen and oxygen atoms in total. The Labute approximate surface area is 176 Å². The summed E-state index contributed by atoms with van der Waals surface area (Å²) in [6.45, 7) is 5.35. The predicted molar refractivity (Wildman–Crippen MR) is 109 cm³/mol. The SMILES string of the molecule is CCOC(=O)C1=C(C)NC(=S)N[C@H]1c1cc(Br)c(OCC(=O)O)c(OCC)c1. The molecule has 2 rings (SSSR count). The fraction of sp³-hybridized carbons (Fsp3) is 0.389. The van der Waals surface area contributed by atoms with Crippen molar-refractivity contribution >= 4 is 45.2 Å². The van der Waals surface area contributed by atoms with Gasteiger partial charge in [0.1, 0.15) is 0 Å². The van der Waals surface area contributed by atoms with Gasteiger partial charge < -0.3 is 30.0 Å². The summed E-state index contributed by atoms with van der Waals surface area (Å²) in [6, 6.07) is 2.83. The van der Waals surface area contributed by atoms with Crippen LogP contribution >= 0.6 is 28.1 Å². The van der Waals surface area contributed by atoms with Crippen LogP contribution in [-0.4, -0.2) is 42.0 Å². The van der Waals surface area contributed by atoms with E-state index in [1.165, 1.54) is 0 Å². The summed E-state index contributed by atoms with van der Waals surface area (Å²) in [6.07, 6.45) is 0. The number of esters is 1. The Kier molecular flexibility index (Phi) is 7.64. The number of hydrogen-bond donors (Lipinski definition) is 3. The second kappa shape index (κ2) is 9.74. The monoisotopic (exact) mass is 472 g/mol. The third-order valence-corrected chi connectivity index (χ3v) is 4.58. The first-order valence-electron chi connectivity index (χ1n) is 8.54. The lowest BCUT2D eigenvalue weighted by Gasteiger charge is -2.30. The van der Waals surface area contributed by atoms with Gasteiger partial charge in [-0.2, -0.15) is 0 Å². The summed E-state index contributed by atoms with van der Waals surface area (Å²) in [4.78, 5) is 23.4. The number of carbonyl (C=O) groups excluding carboxylic acids is 1. The van der Waals surface area contributed by atoms with Gasteiger partial charge in [-0.05, 0) is 66.6 Å². The molecule has 10 heteroatoms. The van der Waals surface area contributed by atoms with Crippen LogP contribution in [0.15, 0.2) is 27.9 Å². The number of carbonyl (C=O) groups is 2. The molecule has 3 N–H and O–H groups in total. The summed E-state index contributed by atoms with van der Waals surface area (Å²) >= 11 is 8.63. The molecule has 0 aromatic heterocycles. The van der Waals surface area contributed by atoms with Crippen LogP contribution in [0, 0.1) is 0 Å². The minimum Gasteiger partial charge on any atom is -0.490 e. The van der Waals surface area contributed by atoms with Crippen LogP contribution in [0.25, 0.3) is 0 Å². The summed E-state index contributed by atoms with van der Waals surface area (Å²) in [7, 11) is 0. The molecule has 28 heavy (non-hydrogen) atoms. The summed E-state index contributed by atoms with van der Waals surface area (Å²) in [5.74, 6) is -0.956. The first-order chi connectivity index (χ1) is 13.3. The van der Waals surface area contributed by atoms with E-state index in [1.807, 2.05) is 0 Å². The van der Waals surface area contributed by atoms with Crippen molar-refractivity contribution in [2.45, 2.75) is 26.8 Å². The van der Waals surface area contributed by atoms with Crippen LogP contribution in [-0.2, 0) is 14.3 Å².